The summed E-state index contributed by atoms with van der Waals surface area (Å²) < 4.78 is 5.45. The molecule has 0 amide bonds. The summed E-state index contributed by atoms with van der Waals surface area (Å²) >= 11 is 0. The van der Waals surface area contributed by atoms with Crippen molar-refractivity contribution in [2.45, 2.75) is 18.9 Å². The Kier molecular flexibility index (Phi) is 3.26. The molecular formula is C17H19NO. The first-order chi connectivity index (χ1) is 9.33. The van der Waals surface area contributed by atoms with Crippen molar-refractivity contribution in [3.05, 3.63) is 53.6 Å². The van der Waals surface area contributed by atoms with Crippen molar-refractivity contribution in [3.63, 3.8) is 0 Å². The van der Waals surface area contributed by atoms with Gasteiger partial charge < -0.3 is 10.1 Å². The molecule has 3 rings (SSSR count). The Balaban J connectivity index is 2.04. The maximum atomic E-state index is 5.45. The molecule has 2 aromatic carbocycles. The van der Waals surface area contributed by atoms with Crippen LogP contribution in [0.5, 0.6) is 5.75 Å². The van der Waals surface area contributed by atoms with Gasteiger partial charge >= 0.3 is 0 Å². The van der Waals surface area contributed by atoms with E-state index in [0.717, 1.165) is 12.2 Å². The van der Waals surface area contributed by atoms with Crippen molar-refractivity contribution in [3.8, 4) is 16.9 Å². The number of ether oxygens (including phenoxy) is 1. The number of rotatable bonds is 3. The number of hydrogen-bond acceptors (Lipinski definition) is 2. The smallest absolute Gasteiger partial charge is 0.126 e. The summed E-state index contributed by atoms with van der Waals surface area (Å²) in [5.41, 5.74) is 5.32. The van der Waals surface area contributed by atoms with Crippen LogP contribution in [0.15, 0.2) is 42.5 Å². The normalized spacial score (nSPS) is 17.3. The summed E-state index contributed by atoms with van der Waals surface area (Å²) in [4.78, 5) is 0. The topological polar surface area (TPSA) is 21.3 Å². The van der Waals surface area contributed by atoms with Gasteiger partial charge in [0.15, 0.2) is 0 Å². The highest BCUT2D eigenvalue weighted by Gasteiger charge is 2.21. The van der Waals surface area contributed by atoms with Crippen LogP contribution in [0.4, 0.5) is 0 Å². The standard InChI is InChI=1S/C17H19NO/c1-18-16-10-8-12-11-13(7-9-14(12)16)15-5-3-4-6-17(15)19-2/h3-7,9,11,16,18H,8,10H2,1-2H3. The van der Waals surface area contributed by atoms with Gasteiger partial charge in [0.25, 0.3) is 0 Å². The monoisotopic (exact) mass is 253 g/mol. The number of hydrogen-bond donors (Lipinski definition) is 1. The zero-order valence-electron chi connectivity index (χ0n) is 11.4. The quantitative estimate of drug-likeness (QED) is 0.903. The second-order valence-electron chi connectivity index (χ2n) is 4.99. The predicted octanol–water partition coefficient (Wildman–Crippen LogP) is 3.57. The van der Waals surface area contributed by atoms with Crippen molar-refractivity contribution in [1.29, 1.82) is 0 Å². The Bertz CT molecular complexity index is 592. The number of benzene rings is 2. The maximum Gasteiger partial charge on any atom is 0.126 e. The molecule has 2 heteroatoms. The molecule has 98 valence electrons. The lowest BCUT2D eigenvalue weighted by Crippen LogP contribution is -2.12. The molecule has 1 aliphatic carbocycles. The summed E-state index contributed by atoms with van der Waals surface area (Å²) in [7, 11) is 3.76. The van der Waals surface area contributed by atoms with E-state index in [-0.39, 0.29) is 0 Å². The first-order valence-corrected chi connectivity index (χ1v) is 6.77. The molecule has 1 atom stereocenters. The predicted molar refractivity (Wildman–Crippen MR) is 78.6 cm³/mol. The second-order valence-corrected chi connectivity index (χ2v) is 4.99. The minimum Gasteiger partial charge on any atom is -0.496 e. The van der Waals surface area contributed by atoms with Crippen LogP contribution in [0.25, 0.3) is 11.1 Å². The van der Waals surface area contributed by atoms with Crippen molar-refractivity contribution in [1.82, 2.24) is 5.32 Å². The third-order valence-corrected chi connectivity index (χ3v) is 3.99. The average Bonchev–Trinajstić information content (AvgIpc) is 2.89. The van der Waals surface area contributed by atoms with Crippen LogP contribution < -0.4 is 10.1 Å². The summed E-state index contributed by atoms with van der Waals surface area (Å²) in [6, 6.07) is 15.5. The molecule has 0 saturated heterocycles. The van der Waals surface area contributed by atoms with Gasteiger partial charge in [-0.2, -0.15) is 0 Å². The highest BCUT2D eigenvalue weighted by atomic mass is 16.5. The number of nitrogens with one attached hydrogen (secondary N) is 1. The zero-order valence-corrected chi connectivity index (χ0v) is 11.4. The number of fused-ring (bicyclic) bond motifs is 1. The molecule has 2 nitrogen and oxygen atoms in total. The van der Waals surface area contributed by atoms with Crippen molar-refractivity contribution in [2.75, 3.05) is 14.2 Å². The Hall–Kier alpha value is -1.80. The van der Waals surface area contributed by atoms with Crippen molar-refractivity contribution in [2.24, 2.45) is 0 Å². The lowest BCUT2D eigenvalue weighted by Gasteiger charge is -2.12. The van der Waals surface area contributed by atoms with Crippen LogP contribution in [-0.2, 0) is 6.42 Å². The van der Waals surface area contributed by atoms with E-state index in [1.54, 1.807) is 7.11 Å². The summed E-state index contributed by atoms with van der Waals surface area (Å²) in [5.74, 6) is 0.936. The minimum atomic E-state index is 0.515. The van der Waals surface area contributed by atoms with Gasteiger partial charge in [-0.1, -0.05) is 36.4 Å². The Morgan fingerprint density at radius 3 is 2.79 bits per heavy atom. The first-order valence-electron chi connectivity index (χ1n) is 6.77. The molecule has 0 aliphatic heterocycles. The van der Waals surface area contributed by atoms with Crippen LogP contribution in [0, 0.1) is 0 Å². The van der Waals surface area contributed by atoms with E-state index in [1.807, 2.05) is 19.2 Å². The van der Waals surface area contributed by atoms with E-state index in [9.17, 15) is 0 Å². The summed E-state index contributed by atoms with van der Waals surface area (Å²) in [6.07, 6.45) is 2.35. The van der Waals surface area contributed by atoms with E-state index in [2.05, 4.69) is 35.6 Å². The lowest BCUT2D eigenvalue weighted by molar-refractivity contribution is 0.416. The Labute approximate surface area is 114 Å². The number of aryl methyl sites for hydroxylation is 1. The molecule has 0 radical (unpaired) electrons. The molecule has 1 unspecified atom stereocenters. The molecule has 1 N–H and O–H groups in total. The molecule has 2 aromatic rings. The van der Waals surface area contributed by atoms with Gasteiger partial charge in [0.1, 0.15) is 5.75 Å². The van der Waals surface area contributed by atoms with Crippen LogP contribution in [-0.4, -0.2) is 14.2 Å². The molecule has 0 heterocycles. The van der Waals surface area contributed by atoms with E-state index < -0.39 is 0 Å². The van der Waals surface area contributed by atoms with Crippen molar-refractivity contribution < 1.29 is 4.74 Å². The summed E-state index contributed by atoms with van der Waals surface area (Å²) in [5, 5.41) is 3.38. The molecule has 0 bridgehead atoms. The Morgan fingerprint density at radius 2 is 2.00 bits per heavy atom. The van der Waals surface area contributed by atoms with Gasteiger partial charge in [-0.25, -0.2) is 0 Å². The fourth-order valence-electron chi connectivity index (χ4n) is 2.97. The molecule has 0 aromatic heterocycles. The SMILES string of the molecule is CNC1CCc2cc(-c3ccccc3OC)ccc21. The molecule has 0 fully saturated rings. The molecule has 19 heavy (non-hydrogen) atoms. The van der Waals surface area contributed by atoms with Gasteiger partial charge in [-0.05, 0) is 42.6 Å². The van der Waals surface area contributed by atoms with Crippen LogP contribution in [0.3, 0.4) is 0 Å². The maximum absolute atomic E-state index is 5.45. The first kappa shape index (κ1) is 12.2. The van der Waals surface area contributed by atoms with Crippen LogP contribution in [0.2, 0.25) is 0 Å². The van der Waals surface area contributed by atoms with Crippen LogP contribution >= 0.6 is 0 Å². The van der Waals surface area contributed by atoms with Gasteiger partial charge in [-0.3, -0.25) is 0 Å². The van der Waals surface area contributed by atoms with Gasteiger partial charge in [0.05, 0.1) is 7.11 Å². The van der Waals surface area contributed by atoms with E-state index in [4.69, 9.17) is 4.74 Å². The van der Waals surface area contributed by atoms with Gasteiger partial charge in [0.2, 0.25) is 0 Å². The van der Waals surface area contributed by atoms with Crippen LogP contribution in [0.1, 0.15) is 23.6 Å². The minimum absolute atomic E-state index is 0.515. The molecule has 0 saturated carbocycles. The van der Waals surface area contributed by atoms with Gasteiger partial charge in [0, 0.05) is 11.6 Å². The fourth-order valence-corrected chi connectivity index (χ4v) is 2.97. The van der Waals surface area contributed by atoms with Gasteiger partial charge in [-0.15, -0.1) is 0 Å². The Morgan fingerprint density at radius 1 is 1.16 bits per heavy atom. The number of para-hydroxylation sites is 1. The molecule has 0 spiro atoms. The van der Waals surface area contributed by atoms with E-state index in [1.165, 1.54) is 28.7 Å². The summed E-state index contributed by atoms with van der Waals surface area (Å²) in [6.45, 7) is 0. The third kappa shape index (κ3) is 2.13. The van der Waals surface area contributed by atoms with Crippen molar-refractivity contribution >= 4 is 0 Å². The largest absolute Gasteiger partial charge is 0.496 e. The van der Waals surface area contributed by atoms with E-state index in [0.29, 0.717) is 6.04 Å². The lowest BCUT2D eigenvalue weighted by atomic mass is 9.99. The average molecular weight is 253 g/mol. The highest BCUT2D eigenvalue weighted by Crippen LogP contribution is 2.36. The third-order valence-electron chi connectivity index (χ3n) is 3.99. The second kappa shape index (κ2) is 5.06. The molecular weight excluding hydrogens is 234 g/mol. The highest BCUT2D eigenvalue weighted by molar-refractivity contribution is 5.71. The fraction of sp³-hybridized carbons (Fsp3) is 0.294. The molecule has 1 aliphatic rings. The zero-order chi connectivity index (χ0) is 13.2. The number of methoxy groups -OCH3 is 1. The van der Waals surface area contributed by atoms with E-state index >= 15 is 0 Å².